The van der Waals surface area contributed by atoms with Crippen molar-refractivity contribution < 1.29 is 4.74 Å². The van der Waals surface area contributed by atoms with Crippen LogP contribution in [0.15, 0.2) is 47.4 Å². The van der Waals surface area contributed by atoms with Crippen LogP contribution in [0.1, 0.15) is 11.4 Å². The maximum Gasteiger partial charge on any atom is 0.260 e. The summed E-state index contributed by atoms with van der Waals surface area (Å²) in [5.74, 6) is 1.04. The third kappa shape index (κ3) is 2.67. The van der Waals surface area contributed by atoms with Crippen LogP contribution in [0.5, 0.6) is 5.88 Å². The monoisotopic (exact) mass is 345 g/mol. The second kappa shape index (κ2) is 6.33. The first-order valence-electron chi connectivity index (χ1n) is 8.11. The van der Waals surface area contributed by atoms with Gasteiger partial charge in [-0.25, -0.2) is 9.97 Å². The summed E-state index contributed by atoms with van der Waals surface area (Å²) in [5, 5.41) is 9.60. The molecule has 0 unspecified atom stereocenters. The number of pyridine rings is 2. The zero-order chi connectivity index (χ0) is 18.1. The van der Waals surface area contributed by atoms with Gasteiger partial charge in [0, 0.05) is 19.2 Å². The first-order valence-corrected chi connectivity index (χ1v) is 8.11. The van der Waals surface area contributed by atoms with Crippen molar-refractivity contribution in [3.63, 3.8) is 0 Å². The Labute approximate surface area is 148 Å². The molecule has 128 valence electrons. The predicted molar refractivity (Wildman–Crippen MR) is 97.1 cm³/mol. The molecule has 26 heavy (non-hydrogen) atoms. The molecule has 0 fully saturated rings. The molecule has 1 aromatic carbocycles. The molecule has 4 rings (SSSR count). The van der Waals surface area contributed by atoms with Crippen LogP contribution in [0.2, 0.25) is 0 Å². The van der Waals surface area contributed by atoms with E-state index < -0.39 is 0 Å². The molecular weight excluding hydrogens is 330 g/mol. The minimum absolute atomic E-state index is 0.190. The van der Waals surface area contributed by atoms with Gasteiger partial charge in [-0.15, -0.1) is 0 Å². The number of para-hydroxylation sites is 2. The molecule has 0 spiro atoms. The first-order chi connectivity index (χ1) is 12.7. The Morgan fingerprint density at radius 1 is 1.23 bits per heavy atom. The summed E-state index contributed by atoms with van der Waals surface area (Å²) in [7, 11) is 1.45. The smallest absolute Gasteiger partial charge is 0.260 e. The number of nitrogens with zero attached hydrogens (tertiary/aromatic N) is 4. The molecule has 0 amide bonds. The molecule has 1 N–H and O–H groups in total. The Hall–Kier alpha value is -3.66. The van der Waals surface area contributed by atoms with E-state index in [9.17, 15) is 10.1 Å². The molecule has 4 aromatic rings. The van der Waals surface area contributed by atoms with Gasteiger partial charge >= 0.3 is 0 Å². The van der Waals surface area contributed by atoms with Gasteiger partial charge in [0.1, 0.15) is 17.5 Å². The minimum atomic E-state index is -0.190. The average molecular weight is 345 g/mol. The van der Waals surface area contributed by atoms with Gasteiger partial charge in [0.05, 0.1) is 29.0 Å². The van der Waals surface area contributed by atoms with Crippen LogP contribution in [-0.2, 0) is 13.0 Å². The summed E-state index contributed by atoms with van der Waals surface area (Å²) < 4.78 is 6.70. The van der Waals surface area contributed by atoms with Gasteiger partial charge in [-0.1, -0.05) is 12.1 Å². The van der Waals surface area contributed by atoms with Gasteiger partial charge in [0.15, 0.2) is 0 Å². The van der Waals surface area contributed by atoms with Gasteiger partial charge in [-0.05, 0) is 24.3 Å². The molecule has 7 nitrogen and oxygen atoms in total. The number of fused-ring (bicyclic) bond motifs is 2. The number of rotatable bonds is 4. The summed E-state index contributed by atoms with van der Waals surface area (Å²) in [6.07, 6.45) is 2.29. The molecule has 3 heterocycles. The van der Waals surface area contributed by atoms with E-state index in [1.165, 1.54) is 13.2 Å². The van der Waals surface area contributed by atoms with E-state index in [1.54, 1.807) is 16.8 Å². The van der Waals surface area contributed by atoms with E-state index in [0.717, 1.165) is 16.9 Å². The Morgan fingerprint density at radius 2 is 2.08 bits per heavy atom. The van der Waals surface area contributed by atoms with E-state index in [4.69, 9.17) is 4.74 Å². The van der Waals surface area contributed by atoms with Crippen molar-refractivity contribution in [3.05, 3.63) is 64.3 Å². The first kappa shape index (κ1) is 15.8. The Morgan fingerprint density at radius 3 is 2.85 bits per heavy atom. The summed E-state index contributed by atoms with van der Waals surface area (Å²) in [5.41, 5.74) is 2.44. The van der Waals surface area contributed by atoms with E-state index in [-0.39, 0.29) is 17.0 Å². The third-order valence-electron chi connectivity index (χ3n) is 4.26. The van der Waals surface area contributed by atoms with Crippen LogP contribution in [0.25, 0.3) is 21.9 Å². The summed E-state index contributed by atoms with van der Waals surface area (Å²) in [4.78, 5) is 24.8. The maximum atomic E-state index is 12.7. The molecule has 0 atom stereocenters. The van der Waals surface area contributed by atoms with Crippen molar-refractivity contribution in [2.75, 3.05) is 7.11 Å². The highest BCUT2D eigenvalue weighted by molar-refractivity contribution is 5.80. The van der Waals surface area contributed by atoms with E-state index in [2.05, 4.69) is 15.0 Å². The number of benzene rings is 1. The van der Waals surface area contributed by atoms with Gasteiger partial charge in [-0.2, -0.15) is 5.26 Å². The van der Waals surface area contributed by atoms with Crippen molar-refractivity contribution in [1.29, 1.82) is 5.26 Å². The van der Waals surface area contributed by atoms with E-state index >= 15 is 0 Å². The Kier molecular flexibility index (Phi) is 3.86. The second-order valence-electron chi connectivity index (χ2n) is 5.85. The van der Waals surface area contributed by atoms with Crippen molar-refractivity contribution in [2.24, 2.45) is 0 Å². The normalized spacial score (nSPS) is 10.9. The SMILES string of the molecule is COc1nc2ccn(CCc3nc4ccccc4[nH]3)c(=O)c2cc1C#N. The number of hydrogen-bond donors (Lipinski definition) is 1. The highest BCUT2D eigenvalue weighted by Gasteiger charge is 2.11. The lowest BCUT2D eigenvalue weighted by Gasteiger charge is -2.08. The maximum absolute atomic E-state index is 12.7. The molecule has 0 saturated heterocycles. The third-order valence-corrected chi connectivity index (χ3v) is 4.26. The molecule has 7 heteroatoms. The molecule has 3 aromatic heterocycles. The van der Waals surface area contributed by atoms with E-state index in [0.29, 0.717) is 23.9 Å². The van der Waals surface area contributed by atoms with Gasteiger partial charge in [0.25, 0.3) is 5.56 Å². The fourth-order valence-electron chi connectivity index (χ4n) is 2.95. The van der Waals surface area contributed by atoms with Gasteiger partial charge in [-0.3, -0.25) is 4.79 Å². The summed E-state index contributed by atoms with van der Waals surface area (Å²) in [6.45, 7) is 0.475. The molecular formula is C19H15N5O2. The fraction of sp³-hybridized carbons (Fsp3) is 0.158. The lowest BCUT2D eigenvalue weighted by molar-refractivity contribution is 0.398. The number of ether oxygens (including phenoxy) is 1. The van der Waals surface area contributed by atoms with Crippen molar-refractivity contribution in [3.8, 4) is 11.9 Å². The molecule has 0 bridgehead atoms. The molecule has 0 radical (unpaired) electrons. The zero-order valence-corrected chi connectivity index (χ0v) is 14.1. The number of H-pyrrole nitrogens is 1. The Bertz CT molecular complexity index is 1180. The number of aromatic nitrogens is 4. The van der Waals surface area contributed by atoms with Crippen LogP contribution < -0.4 is 10.3 Å². The molecule has 0 saturated carbocycles. The topological polar surface area (TPSA) is 96.6 Å². The van der Waals surface area contributed by atoms with Gasteiger partial charge in [0.2, 0.25) is 5.88 Å². The molecule has 0 aliphatic carbocycles. The number of nitriles is 1. The van der Waals surface area contributed by atoms with E-state index in [1.807, 2.05) is 30.3 Å². The fourth-order valence-corrected chi connectivity index (χ4v) is 2.95. The summed E-state index contributed by atoms with van der Waals surface area (Å²) in [6, 6.07) is 13.1. The van der Waals surface area contributed by atoms with Crippen molar-refractivity contribution in [2.45, 2.75) is 13.0 Å². The minimum Gasteiger partial charge on any atom is -0.480 e. The van der Waals surface area contributed by atoms with Crippen LogP contribution in [0.3, 0.4) is 0 Å². The van der Waals surface area contributed by atoms with Crippen LogP contribution >= 0.6 is 0 Å². The predicted octanol–water partition coefficient (Wildman–Crippen LogP) is 2.40. The van der Waals surface area contributed by atoms with Crippen LogP contribution in [-0.4, -0.2) is 26.6 Å². The number of aryl methyl sites for hydroxylation is 2. The number of methoxy groups -OCH3 is 1. The van der Waals surface area contributed by atoms with Crippen molar-refractivity contribution >= 4 is 21.9 Å². The van der Waals surface area contributed by atoms with Gasteiger partial charge < -0.3 is 14.3 Å². The molecule has 0 aliphatic rings. The standard InChI is InChI=1S/C19H15N5O2/c1-26-18-12(11-20)10-13-14(23-18)6-8-24(19(13)25)9-7-17-21-15-4-2-3-5-16(15)22-17/h2-6,8,10H,7,9H2,1H3,(H,21,22). The molecule has 0 aliphatic heterocycles. The lowest BCUT2D eigenvalue weighted by atomic mass is 10.2. The number of imidazole rings is 1. The number of nitrogens with one attached hydrogen (secondary N) is 1. The second-order valence-corrected chi connectivity index (χ2v) is 5.85. The largest absolute Gasteiger partial charge is 0.480 e. The highest BCUT2D eigenvalue weighted by Crippen LogP contribution is 2.19. The number of aromatic amines is 1. The highest BCUT2D eigenvalue weighted by atomic mass is 16.5. The average Bonchev–Trinajstić information content (AvgIpc) is 3.09. The van der Waals surface area contributed by atoms with Crippen LogP contribution in [0, 0.1) is 11.3 Å². The summed E-state index contributed by atoms with van der Waals surface area (Å²) >= 11 is 0. The van der Waals surface area contributed by atoms with Crippen molar-refractivity contribution in [1.82, 2.24) is 19.5 Å². The number of hydrogen-bond acceptors (Lipinski definition) is 5. The zero-order valence-electron chi connectivity index (χ0n) is 14.1. The lowest BCUT2D eigenvalue weighted by Crippen LogP contribution is -2.21. The van der Waals surface area contributed by atoms with Crippen LogP contribution in [0.4, 0.5) is 0 Å². The Balaban J connectivity index is 1.67. The quantitative estimate of drug-likeness (QED) is 0.612.